The van der Waals surface area contributed by atoms with Crippen LogP contribution in [0.25, 0.3) is 0 Å². The maximum Gasteiger partial charge on any atom is 0.258 e. The van der Waals surface area contributed by atoms with Crippen LogP contribution in [0.3, 0.4) is 0 Å². The standard InChI is InChI=1S/C20H16ClN3O3/c1-27-15-9-6-13(7-10-15)19(25)23-17-5-3-2-4-16(17)20(26)24-18-11-8-14(21)12-22-18/h2-12H,1H3,(H,23,25)(H,22,24,26). The molecule has 0 saturated carbocycles. The zero-order valence-corrected chi connectivity index (χ0v) is 15.2. The van der Waals surface area contributed by atoms with E-state index in [1.165, 1.54) is 6.20 Å². The van der Waals surface area contributed by atoms with Crippen LogP contribution in [0.5, 0.6) is 5.75 Å². The predicted octanol–water partition coefficient (Wildman–Crippen LogP) is 4.25. The lowest BCUT2D eigenvalue weighted by atomic mass is 10.1. The first-order valence-electron chi connectivity index (χ1n) is 8.04. The quantitative estimate of drug-likeness (QED) is 0.692. The van der Waals surface area contributed by atoms with Crippen LogP contribution in [0, 0.1) is 0 Å². The van der Waals surface area contributed by atoms with E-state index >= 15 is 0 Å². The Morgan fingerprint density at radius 1 is 0.926 bits per heavy atom. The molecular weight excluding hydrogens is 366 g/mol. The highest BCUT2D eigenvalue weighted by Gasteiger charge is 2.14. The molecule has 2 amide bonds. The summed E-state index contributed by atoms with van der Waals surface area (Å²) in [6.07, 6.45) is 1.44. The summed E-state index contributed by atoms with van der Waals surface area (Å²) >= 11 is 5.79. The van der Waals surface area contributed by atoms with Gasteiger partial charge >= 0.3 is 0 Å². The fourth-order valence-electron chi connectivity index (χ4n) is 2.36. The predicted molar refractivity (Wildman–Crippen MR) is 105 cm³/mol. The summed E-state index contributed by atoms with van der Waals surface area (Å²) in [5.41, 5.74) is 1.16. The van der Waals surface area contributed by atoms with E-state index in [1.54, 1.807) is 67.8 Å². The van der Waals surface area contributed by atoms with Crippen LogP contribution >= 0.6 is 11.6 Å². The molecule has 0 aliphatic heterocycles. The van der Waals surface area contributed by atoms with Crippen molar-refractivity contribution >= 4 is 34.9 Å². The lowest BCUT2D eigenvalue weighted by Crippen LogP contribution is -2.18. The number of carbonyl (C=O) groups is 2. The van der Waals surface area contributed by atoms with Crippen LogP contribution in [0.4, 0.5) is 11.5 Å². The number of nitrogens with zero attached hydrogens (tertiary/aromatic N) is 1. The minimum atomic E-state index is -0.393. The molecule has 0 saturated heterocycles. The lowest BCUT2D eigenvalue weighted by molar-refractivity contribution is 0.102. The molecule has 1 aromatic heterocycles. The van der Waals surface area contributed by atoms with E-state index < -0.39 is 5.91 Å². The number of pyridine rings is 1. The average molecular weight is 382 g/mol. The van der Waals surface area contributed by atoms with Crippen molar-refractivity contribution in [2.45, 2.75) is 0 Å². The molecule has 0 aliphatic carbocycles. The highest BCUT2D eigenvalue weighted by atomic mass is 35.5. The Morgan fingerprint density at radius 2 is 1.67 bits per heavy atom. The first-order chi connectivity index (χ1) is 13.1. The van der Waals surface area contributed by atoms with Crippen LogP contribution in [-0.4, -0.2) is 23.9 Å². The molecule has 0 unspecified atom stereocenters. The summed E-state index contributed by atoms with van der Waals surface area (Å²) in [5, 5.41) is 5.91. The van der Waals surface area contributed by atoms with Crippen molar-refractivity contribution in [1.29, 1.82) is 0 Å². The van der Waals surface area contributed by atoms with Gasteiger partial charge in [-0.15, -0.1) is 0 Å². The molecule has 27 heavy (non-hydrogen) atoms. The summed E-state index contributed by atoms with van der Waals surface area (Å²) in [5.74, 6) is 0.292. The summed E-state index contributed by atoms with van der Waals surface area (Å²) < 4.78 is 5.08. The van der Waals surface area contributed by atoms with E-state index in [4.69, 9.17) is 16.3 Å². The van der Waals surface area contributed by atoms with Gasteiger partial charge in [0.1, 0.15) is 11.6 Å². The Kier molecular flexibility index (Phi) is 5.68. The Morgan fingerprint density at radius 3 is 2.33 bits per heavy atom. The zero-order chi connectivity index (χ0) is 19.2. The highest BCUT2D eigenvalue weighted by molar-refractivity contribution is 6.30. The highest BCUT2D eigenvalue weighted by Crippen LogP contribution is 2.19. The summed E-state index contributed by atoms with van der Waals surface area (Å²) in [6.45, 7) is 0. The van der Waals surface area contributed by atoms with Crippen LogP contribution in [0.2, 0.25) is 5.02 Å². The molecule has 0 radical (unpaired) electrons. The Bertz CT molecular complexity index is 957. The van der Waals surface area contributed by atoms with Crippen molar-refractivity contribution in [3.8, 4) is 5.75 Å². The topological polar surface area (TPSA) is 80.3 Å². The summed E-state index contributed by atoms with van der Waals surface area (Å²) in [6, 6.07) is 16.6. The van der Waals surface area contributed by atoms with Crippen molar-refractivity contribution in [3.63, 3.8) is 0 Å². The summed E-state index contributed by atoms with van der Waals surface area (Å²) in [7, 11) is 1.56. The van der Waals surface area contributed by atoms with Gasteiger partial charge in [-0.25, -0.2) is 4.98 Å². The van der Waals surface area contributed by atoms with E-state index in [2.05, 4.69) is 15.6 Å². The number of carbonyl (C=O) groups excluding carboxylic acids is 2. The van der Waals surface area contributed by atoms with Gasteiger partial charge in [-0.1, -0.05) is 23.7 Å². The molecule has 0 bridgehead atoms. The van der Waals surface area contributed by atoms with Gasteiger partial charge in [-0.2, -0.15) is 0 Å². The molecule has 3 aromatic rings. The van der Waals surface area contributed by atoms with Crippen molar-refractivity contribution < 1.29 is 14.3 Å². The van der Waals surface area contributed by atoms with Gasteiger partial charge in [0.05, 0.1) is 23.4 Å². The normalized spacial score (nSPS) is 10.1. The monoisotopic (exact) mass is 381 g/mol. The number of methoxy groups -OCH3 is 1. The van der Waals surface area contributed by atoms with Gasteiger partial charge < -0.3 is 15.4 Å². The minimum absolute atomic E-state index is 0.316. The largest absolute Gasteiger partial charge is 0.497 e. The van der Waals surface area contributed by atoms with Crippen LogP contribution in [0.15, 0.2) is 66.9 Å². The number of aromatic nitrogens is 1. The first-order valence-corrected chi connectivity index (χ1v) is 8.42. The number of amides is 2. The van der Waals surface area contributed by atoms with Crippen LogP contribution in [0.1, 0.15) is 20.7 Å². The van der Waals surface area contributed by atoms with E-state index in [1.807, 2.05) is 0 Å². The number of nitrogens with one attached hydrogen (secondary N) is 2. The van der Waals surface area contributed by atoms with Crippen molar-refractivity contribution in [3.05, 3.63) is 83.0 Å². The van der Waals surface area contributed by atoms with E-state index in [0.29, 0.717) is 33.4 Å². The lowest BCUT2D eigenvalue weighted by Gasteiger charge is -2.11. The summed E-state index contributed by atoms with van der Waals surface area (Å²) in [4.78, 5) is 29.1. The number of para-hydroxylation sites is 1. The molecule has 0 atom stereocenters. The SMILES string of the molecule is COc1ccc(C(=O)Nc2ccccc2C(=O)Nc2ccc(Cl)cn2)cc1. The second-order valence-corrected chi connectivity index (χ2v) is 5.98. The fourth-order valence-corrected chi connectivity index (χ4v) is 2.47. The smallest absolute Gasteiger partial charge is 0.258 e. The van der Waals surface area contributed by atoms with Crippen molar-refractivity contribution in [2.24, 2.45) is 0 Å². The second-order valence-electron chi connectivity index (χ2n) is 5.54. The Labute approximate surface area is 161 Å². The zero-order valence-electron chi connectivity index (χ0n) is 14.4. The average Bonchev–Trinajstić information content (AvgIpc) is 2.70. The molecule has 2 N–H and O–H groups in total. The van der Waals surface area contributed by atoms with Gasteiger partial charge in [0.2, 0.25) is 0 Å². The van der Waals surface area contributed by atoms with Crippen LogP contribution < -0.4 is 15.4 Å². The number of ether oxygens (including phenoxy) is 1. The third-order valence-electron chi connectivity index (χ3n) is 3.74. The Balaban J connectivity index is 1.77. The molecule has 6 nitrogen and oxygen atoms in total. The molecule has 3 rings (SSSR count). The molecule has 136 valence electrons. The maximum absolute atomic E-state index is 12.6. The molecule has 1 heterocycles. The van der Waals surface area contributed by atoms with Gasteiger partial charge in [-0.05, 0) is 48.5 Å². The van der Waals surface area contributed by atoms with Crippen molar-refractivity contribution in [2.75, 3.05) is 17.7 Å². The van der Waals surface area contributed by atoms with Gasteiger partial charge in [0.25, 0.3) is 11.8 Å². The number of anilines is 2. The number of benzene rings is 2. The first kappa shape index (κ1) is 18.4. The Hall–Kier alpha value is -3.38. The number of hydrogen-bond donors (Lipinski definition) is 2. The molecular formula is C20H16ClN3O3. The van der Waals surface area contributed by atoms with Gasteiger partial charge in [0, 0.05) is 11.8 Å². The van der Waals surface area contributed by atoms with Gasteiger partial charge in [0.15, 0.2) is 0 Å². The van der Waals surface area contributed by atoms with Crippen molar-refractivity contribution in [1.82, 2.24) is 4.98 Å². The third kappa shape index (κ3) is 4.62. The molecule has 0 fully saturated rings. The molecule has 0 aliphatic rings. The second kappa shape index (κ2) is 8.33. The number of hydrogen-bond acceptors (Lipinski definition) is 4. The maximum atomic E-state index is 12.6. The van der Waals surface area contributed by atoms with E-state index in [9.17, 15) is 9.59 Å². The third-order valence-corrected chi connectivity index (χ3v) is 3.96. The minimum Gasteiger partial charge on any atom is -0.497 e. The van der Waals surface area contributed by atoms with E-state index in [0.717, 1.165) is 0 Å². The number of halogens is 1. The number of rotatable bonds is 5. The van der Waals surface area contributed by atoms with Gasteiger partial charge in [-0.3, -0.25) is 9.59 Å². The molecule has 2 aromatic carbocycles. The molecule has 7 heteroatoms. The fraction of sp³-hybridized carbons (Fsp3) is 0.0500. The van der Waals surface area contributed by atoms with Crippen LogP contribution in [-0.2, 0) is 0 Å². The molecule has 0 spiro atoms. The van der Waals surface area contributed by atoms with E-state index in [-0.39, 0.29) is 5.91 Å².